The number of ether oxygens (including phenoxy) is 2. The Balaban J connectivity index is 2.31. The fourth-order valence-corrected chi connectivity index (χ4v) is 5.17. The Bertz CT molecular complexity index is 359. The van der Waals surface area contributed by atoms with Gasteiger partial charge in [-0.3, -0.25) is 0 Å². The second-order valence-electron chi connectivity index (χ2n) is 6.32. The fraction of sp³-hybridized carbons (Fsp3) is 0.938. The largest absolute Gasteiger partial charge is 0.500 e. The highest BCUT2D eigenvalue weighted by Gasteiger charge is 2.39. The number of rotatable bonds is 13. The predicted octanol–water partition coefficient (Wildman–Crippen LogP) is 2.72. The van der Waals surface area contributed by atoms with Crippen LogP contribution in [0.5, 0.6) is 0 Å². The highest BCUT2D eigenvalue weighted by Crippen LogP contribution is 2.25. The van der Waals surface area contributed by atoms with Gasteiger partial charge < -0.3 is 28.1 Å². The number of carbonyl (C=O) groups is 1. The van der Waals surface area contributed by atoms with Crippen molar-refractivity contribution in [1.29, 1.82) is 0 Å². The maximum absolute atomic E-state index is 11.9. The molecule has 1 atom stereocenters. The molecule has 0 bridgehead atoms. The maximum atomic E-state index is 11.9. The van der Waals surface area contributed by atoms with Crippen molar-refractivity contribution in [3.8, 4) is 0 Å². The van der Waals surface area contributed by atoms with Crippen molar-refractivity contribution >= 4 is 14.9 Å². The van der Waals surface area contributed by atoms with Crippen LogP contribution in [0, 0.1) is 0 Å². The Morgan fingerprint density at radius 1 is 1.17 bits per heavy atom. The zero-order valence-electron chi connectivity index (χ0n) is 15.7. The van der Waals surface area contributed by atoms with E-state index in [9.17, 15) is 4.79 Å². The van der Waals surface area contributed by atoms with E-state index in [2.05, 4.69) is 5.32 Å². The number of amides is 1. The lowest BCUT2D eigenvalue weighted by Crippen LogP contribution is -2.46. The molecule has 1 heterocycles. The van der Waals surface area contributed by atoms with Gasteiger partial charge in [-0.15, -0.1) is 0 Å². The van der Waals surface area contributed by atoms with Crippen LogP contribution in [0.4, 0.5) is 4.79 Å². The topological polar surface area (TPSA) is 78.6 Å². The molecule has 0 aliphatic carbocycles. The molecule has 1 saturated heterocycles. The first-order valence-corrected chi connectivity index (χ1v) is 10.8. The number of carbonyl (C=O) groups excluding carboxylic acids is 1. The average molecular weight is 364 g/mol. The standard InChI is InChI=1S/C16H33NO6Si/c1-6-20-24(21-7-2,22-8-3)11-9-10-17-15(18)23-16(4,5)12-14-13-19-14/h14H,6-13H2,1-5H3,(H,17,18). The monoisotopic (exact) mass is 363 g/mol. The Morgan fingerprint density at radius 3 is 2.17 bits per heavy atom. The third kappa shape index (κ3) is 8.43. The molecule has 0 saturated carbocycles. The van der Waals surface area contributed by atoms with E-state index >= 15 is 0 Å². The van der Waals surface area contributed by atoms with Gasteiger partial charge in [-0.05, 0) is 41.0 Å². The zero-order chi connectivity index (χ0) is 18.1. The van der Waals surface area contributed by atoms with Crippen molar-refractivity contribution in [1.82, 2.24) is 5.32 Å². The number of hydrogen-bond acceptors (Lipinski definition) is 6. The summed E-state index contributed by atoms with van der Waals surface area (Å²) >= 11 is 0. The molecule has 1 fully saturated rings. The van der Waals surface area contributed by atoms with Crippen molar-refractivity contribution < 1.29 is 27.5 Å². The van der Waals surface area contributed by atoms with Gasteiger partial charge in [-0.25, -0.2) is 4.79 Å². The molecular formula is C16H33NO6Si. The summed E-state index contributed by atoms with van der Waals surface area (Å²) in [7, 11) is -2.64. The Labute approximate surface area is 146 Å². The molecule has 0 aromatic rings. The smallest absolute Gasteiger partial charge is 0.443 e. The highest BCUT2D eigenvalue weighted by atomic mass is 28.4. The summed E-state index contributed by atoms with van der Waals surface area (Å²) in [6.07, 6.45) is 1.25. The molecule has 1 aliphatic rings. The van der Waals surface area contributed by atoms with Crippen molar-refractivity contribution in [2.24, 2.45) is 0 Å². The molecule has 0 radical (unpaired) electrons. The quantitative estimate of drug-likeness (QED) is 0.308. The third-order valence-corrected chi connectivity index (χ3v) is 6.66. The van der Waals surface area contributed by atoms with Gasteiger partial charge in [0.1, 0.15) is 5.60 Å². The van der Waals surface area contributed by atoms with Crippen LogP contribution in [0.25, 0.3) is 0 Å². The van der Waals surface area contributed by atoms with Crippen LogP contribution in [0.2, 0.25) is 6.04 Å². The van der Waals surface area contributed by atoms with Crippen LogP contribution in [-0.4, -0.2) is 59.6 Å². The van der Waals surface area contributed by atoms with Gasteiger partial charge >= 0.3 is 14.9 Å². The van der Waals surface area contributed by atoms with Gasteiger partial charge in [0.05, 0.1) is 12.7 Å². The second kappa shape index (κ2) is 10.3. The summed E-state index contributed by atoms with van der Waals surface area (Å²) in [5, 5.41) is 2.78. The molecule has 24 heavy (non-hydrogen) atoms. The van der Waals surface area contributed by atoms with Gasteiger partial charge in [-0.2, -0.15) is 0 Å². The maximum Gasteiger partial charge on any atom is 0.500 e. The molecule has 1 aliphatic heterocycles. The lowest BCUT2D eigenvalue weighted by Gasteiger charge is -2.28. The first-order valence-electron chi connectivity index (χ1n) is 8.86. The summed E-state index contributed by atoms with van der Waals surface area (Å²) < 4.78 is 28.0. The van der Waals surface area contributed by atoms with Gasteiger partial charge in [0.15, 0.2) is 0 Å². The number of nitrogens with one attached hydrogen (secondary N) is 1. The molecule has 8 heteroatoms. The van der Waals surface area contributed by atoms with E-state index in [0.29, 0.717) is 38.8 Å². The Morgan fingerprint density at radius 2 is 1.71 bits per heavy atom. The van der Waals surface area contributed by atoms with E-state index in [1.54, 1.807) is 0 Å². The van der Waals surface area contributed by atoms with Crippen molar-refractivity contribution in [2.45, 2.75) is 65.2 Å². The number of epoxide rings is 1. The summed E-state index contributed by atoms with van der Waals surface area (Å²) in [4.78, 5) is 11.9. The molecular weight excluding hydrogens is 330 g/mol. The van der Waals surface area contributed by atoms with Crippen LogP contribution in [0.15, 0.2) is 0 Å². The molecule has 142 valence electrons. The molecule has 0 aromatic carbocycles. The highest BCUT2D eigenvalue weighted by molar-refractivity contribution is 6.60. The Kier molecular flexibility index (Phi) is 9.21. The van der Waals surface area contributed by atoms with Crippen LogP contribution < -0.4 is 5.32 Å². The van der Waals surface area contributed by atoms with Crippen LogP contribution >= 0.6 is 0 Å². The minimum atomic E-state index is -2.64. The van der Waals surface area contributed by atoms with Gasteiger partial charge in [0.2, 0.25) is 0 Å². The van der Waals surface area contributed by atoms with E-state index in [0.717, 1.165) is 13.0 Å². The van der Waals surface area contributed by atoms with Crippen molar-refractivity contribution in [3.63, 3.8) is 0 Å². The fourth-order valence-electron chi connectivity index (χ4n) is 2.56. The molecule has 1 N–H and O–H groups in total. The summed E-state index contributed by atoms with van der Waals surface area (Å²) in [5.74, 6) is 0. The van der Waals surface area contributed by atoms with Gasteiger partial charge in [0.25, 0.3) is 0 Å². The van der Waals surface area contributed by atoms with E-state index in [-0.39, 0.29) is 6.10 Å². The molecule has 1 amide bonds. The van der Waals surface area contributed by atoms with Crippen molar-refractivity contribution in [2.75, 3.05) is 33.0 Å². The van der Waals surface area contributed by atoms with Crippen molar-refractivity contribution in [3.05, 3.63) is 0 Å². The molecule has 0 spiro atoms. The van der Waals surface area contributed by atoms with Crippen LogP contribution in [0.3, 0.4) is 0 Å². The molecule has 1 rings (SSSR count). The van der Waals surface area contributed by atoms with Crippen LogP contribution in [-0.2, 0) is 22.8 Å². The number of hydrogen-bond donors (Lipinski definition) is 1. The average Bonchev–Trinajstić information content (AvgIpc) is 3.27. The minimum Gasteiger partial charge on any atom is -0.443 e. The van der Waals surface area contributed by atoms with E-state index in [1.165, 1.54) is 0 Å². The van der Waals surface area contributed by atoms with Gasteiger partial charge in [-0.1, -0.05) is 0 Å². The normalized spacial score (nSPS) is 17.6. The summed E-state index contributed by atoms with van der Waals surface area (Å²) in [6, 6.07) is 0.669. The molecule has 7 nitrogen and oxygen atoms in total. The summed E-state index contributed by atoms with van der Waals surface area (Å²) in [5.41, 5.74) is -0.522. The SMILES string of the molecule is CCO[Si](CCCNC(=O)OC(C)(C)CC1CO1)(OCC)OCC. The molecule has 0 aromatic heterocycles. The minimum absolute atomic E-state index is 0.225. The Hall–Kier alpha value is -0.673. The van der Waals surface area contributed by atoms with Gasteiger partial charge in [0, 0.05) is 38.8 Å². The van der Waals surface area contributed by atoms with Crippen LogP contribution in [0.1, 0.15) is 47.5 Å². The van der Waals surface area contributed by atoms with E-state index in [1.807, 2.05) is 34.6 Å². The summed E-state index contributed by atoms with van der Waals surface area (Å²) in [6.45, 7) is 12.5. The first kappa shape index (κ1) is 21.4. The first-order chi connectivity index (χ1) is 11.4. The number of alkyl carbamates (subject to hydrolysis) is 1. The molecule has 1 unspecified atom stereocenters. The zero-order valence-corrected chi connectivity index (χ0v) is 16.7. The van der Waals surface area contributed by atoms with E-state index < -0.39 is 20.5 Å². The predicted molar refractivity (Wildman–Crippen MR) is 93.0 cm³/mol. The second-order valence-corrected chi connectivity index (χ2v) is 9.05. The lowest BCUT2D eigenvalue weighted by atomic mass is 10.0. The van der Waals surface area contributed by atoms with E-state index in [4.69, 9.17) is 22.8 Å². The third-order valence-electron chi connectivity index (χ3n) is 3.51. The lowest BCUT2D eigenvalue weighted by molar-refractivity contribution is 0.0273.